The van der Waals surface area contributed by atoms with Crippen molar-refractivity contribution in [2.75, 3.05) is 12.8 Å². The minimum Gasteiger partial charge on any atom is -0.495 e. The fourth-order valence-corrected chi connectivity index (χ4v) is 2.23. The summed E-state index contributed by atoms with van der Waals surface area (Å²) < 4.78 is 6.14. The maximum atomic E-state index is 12.3. The van der Waals surface area contributed by atoms with Gasteiger partial charge in [-0.2, -0.15) is 0 Å². The van der Waals surface area contributed by atoms with Gasteiger partial charge in [0, 0.05) is 10.0 Å². The van der Waals surface area contributed by atoms with Gasteiger partial charge in [-0.3, -0.25) is 4.79 Å². The molecule has 2 aromatic rings. The maximum Gasteiger partial charge on any atom is 0.251 e. The molecule has 1 amide bonds. The smallest absolute Gasteiger partial charge is 0.251 e. The second kappa shape index (κ2) is 6.63. The van der Waals surface area contributed by atoms with Crippen molar-refractivity contribution in [1.29, 1.82) is 0 Å². The fraction of sp³-hybridized carbons (Fsp3) is 0.188. The summed E-state index contributed by atoms with van der Waals surface area (Å²) in [5.74, 6) is 0.336. The normalized spacial score (nSPS) is 11.8. The molecule has 0 spiro atoms. The molecule has 0 radical (unpaired) electrons. The number of hydrogen-bond acceptors (Lipinski definition) is 3. The molecule has 2 rings (SSSR count). The highest BCUT2D eigenvalue weighted by Gasteiger charge is 2.13. The Hall–Kier alpha value is -2.01. The van der Waals surface area contributed by atoms with Gasteiger partial charge >= 0.3 is 0 Å². The van der Waals surface area contributed by atoms with Crippen LogP contribution in [-0.4, -0.2) is 13.0 Å². The molecule has 0 aromatic heterocycles. The van der Waals surface area contributed by atoms with Crippen LogP contribution in [0.4, 0.5) is 5.69 Å². The Balaban J connectivity index is 2.12. The van der Waals surface area contributed by atoms with E-state index in [9.17, 15) is 4.79 Å². The Morgan fingerprint density at radius 2 is 1.90 bits per heavy atom. The second-order valence-electron chi connectivity index (χ2n) is 4.70. The molecule has 3 N–H and O–H groups in total. The van der Waals surface area contributed by atoms with Gasteiger partial charge in [0.2, 0.25) is 0 Å². The molecular weight excluding hydrogens is 332 g/mol. The van der Waals surface area contributed by atoms with Crippen molar-refractivity contribution in [2.45, 2.75) is 13.0 Å². The second-order valence-corrected chi connectivity index (χ2v) is 5.62. The number of nitrogen functional groups attached to an aromatic ring is 1. The highest BCUT2D eigenvalue weighted by atomic mass is 79.9. The Labute approximate surface area is 132 Å². The molecular formula is C16H17BrN2O2. The predicted molar refractivity (Wildman–Crippen MR) is 87.4 cm³/mol. The number of carbonyl (C=O) groups excluding carboxylic acids is 1. The predicted octanol–water partition coefficient (Wildman–Crippen LogP) is 3.53. The van der Waals surface area contributed by atoms with Crippen LogP contribution in [0.2, 0.25) is 0 Å². The maximum absolute atomic E-state index is 12.3. The van der Waals surface area contributed by atoms with Gasteiger partial charge < -0.3 is 15.8 Å². The van der Waals surface area contributed by atoms with Gasteiger partial charge in [-0.1, -0.05) is 28.1 Å². The third-order valence-electron chi connectivity index (χ3n) is 3.21. The summed E-state index contributed by atoms with van der Waals surface area (Å²) in [5, 5.41) is 2.95. The van der Waals surface area contributed by atoms with Gasteiger partial charge in [-0.25, -0.2) is 0 Å². The zero-order valence-corrected chi connectivity index (χ0v) is 13.5. The van der Waals surface area contributed by atoms with Gasteiger partial charge in [0.05, 0.1) is 18.8 Å². The highest BCUT2D eigenvalue weighted by Crippen LogP contribution is 2.23. The van der Waals surface area contributed by atoms with Crippen molar-refractivity contribution in [2.24, 2.45) is 0 Å². The molecule has 0 heterocycles. The molecule has 0 aliphatic carbocycles. The zero-order chi connectivity index (χ0) is 15.4. The standard InChI is InChI=1S/C16H17BrN2O2/c1-10(11-3-6-13(17)7-4-11)19-16(20)12-5-8-14(18)15(9-12)21-2/h3-10H,18H2,1-2H3,(H,19,20)/t10-/m1/s1. The van der Waals surface area contributed by atoms with E-state index in [1.165, 1.54) is 7.11 Å². The lowest BCUT2D eigenvalue weighted by molar-refractivity contribution is 0.0939. The number of methoxy groups -OCH3 is 1. The number of rotatable bonds is 4. The van der Waals surface area contributed by atoms with Crippen molar-refractivity contribution in [1.82, 2.24) is 5.32 Å². The number of halogens is 1. The average molecular weight is 349 g/mol. The van der Waals surface area contributed by atoms with Gasteiger partial charge in [0.1, 0.15) is 5.75 Å². The molecule has 4 nitrogen and oxygen atoms in total. The quantitative estimate of drug-likeness (QED) is 0.830. The fourth-order valence-electron chi connectivity index (χ4n) is 1.97. The van der Waals surface area contributed by atoms with Crippen LogP contribution < -0.4 is 15.8 Å². The number of hydrogen-bond donors (Lipinski definition) is 2. The molecule has 0 bridgehead atoms. The number of nitrogens with one attached hydrogen (secondary N) is 1. The van der Waals surface area contributed by atoms with Crippen LogP contribution in [0, 0.1) is 0 Å². The summed E-state index contributed by atoms with van der Waals surface area (Å²) in [6.45, 7) is 1.94. The Morgan fingerprint density at radius 3 is 2.52 bits per heavy atom. The summed E-state index contributed by atoms with van der Waals surface area (Å²) in [4.78, 5) is 12.3. The first-order chi connectivity index (χ1) is 10.0. The van der Waals surface area contributed by atoms with Gasteiger partial charge in [-0.05, 0) is 42.8 Å². The van der Waals surface area contributed by atoms with Crippen molar-refractivity contribution < 1.29 is 9.53 Å². The van der Waals surface area contributed by atoms with Gasteiger partial charge in [0.25, 0.3) is 5.91 Å². The lowest BCUT2D eigenvalue weighted by atomic mass is 10.1. The molecule has 2 aromatic carbocycles. The van der Waals surface area contributed by atoms with Gasteiger partial charge in [0.15, 0.2) is 0 Å². The first kappa shape index (κ1) is 15.4. The summed E-state index contributed by atoms with van der Waals surface area (Å²) in [5.41, 5.74) is 7.81. The summed E-state index contributed by atoms with van der Waals surface area (Å²) in [6, 6.07) is 12.7. The number of nitrogens with two attached hydrogens (primary N) is 1. The van der Waals surface area contributed by atoms with E-state index in [4.69, 9.17) is 10.5 Å². The summed E-state index contributed by atoms with van der Waals surface area (Å²) in [7, 11) is 1.53. The van der Waals surface area contributed by atoms with E-state index < -0.39 is 0 Å². The van der Waals surface area contributed by atoms with E-state index in [2.05, 4.69) is 21.2 Å². The van der Waals surface area contributed by atoms with Crippen molar-refractivity contribution in [3.05, 3.63) is 58.1 Å². The minimum atomic E-state index is -0.163. The Kier molecular flexibility index (Phi) is 4.85. The summed E-state index contributed by atoms with van der Waals surface area (Å²) in [6.07, 6.45) is 0. The Bertz CT molecular complexity index is 641. The van der Waals surface area contributed by atoms with Crippen molar-refractivity contribution >= 4 is 27.5 Å². The molecule has 1 atom stereocenters. The third-order valence-corrected chi connectivity index (χ3v) is 3.74. The molecule has 5 heteroatoms. The lowest BCUT2D eigenvalue weighted by Gasteiger charge is -2.15. The molecule has 0 unspecified atom stereocenters. The molecule has 0 aliphatic rings. The van der Waals surface area contributed by atoms with E-state index >= 15 is 0 Å². The van der Waals surface area contributed by atoms with Crippen LogP contribution in [0.25, 0.3) is 0 Å². The molecule has 0 saturated heterocycles. The minimum absolute atomic E-state index is 0.0888. The highest BCUT2D eigenvalue weighted by molar-refractivity contribution is 9.10. The van der Waals surface area contributed by atoms with Gasteiger partial charge in [-0.15, -0.1) is 0 Å². The Morgan fingerprint density at radius 1 is 1.24 bits per heavy atom. The van der Waals surface area contributed by atoms with Crippen molar-refractivity contribution in [3.8, 4) is 5.75 Å². The van der Waals surface area contributed by atoms with Crippen LogP contribution >= 0.6 is 15.9 Å². The number of anilines is 1. The van der Waals surface area contributed by atoms with Crippen LogP contribution in [0.5, 0.6) is 5.75 Å². The van der Waals surface area contributed by atoms with Crippen LogP contribution in [0.3, 0.4) is 0 Å². The number of benzene rings is 2. The molecule has 21 heavy (non-hydrogen) atoms. The van der Waals surface area contributed by atoms with Crippen molar-refractivity contribution in [3.63, 3.8) is 0 Å². The zero-order valence-electron chi connectivity index (χ0n) is 11.9. The monoisotopic (exact) mass is 348 g/mol. The average Bonchev–Trinajstić information content (AvgIpc) is 2.48. The molecule has 0 aliphatic heterocycles. The largest absolute Gasteiger partial charge is 0.495 e. The summed E-state index contributed by atoms with van der Waals surface area (Å²) >= 11 is 3.39. The number of ether oxygens (including phenoxy) is 1. The topological polar surface area (TPSA) is 64.3 Å². The van der Waals surface area contributed by atoms with E-state index in [0.717, 1.165) is 10.0 Å². The number of carbonyl (C=O) groups is 1. The first-order valence-electron chi connectivity index (χ1n) is 6.51. The van der Waals surface area contributed by atoms with Crippen LogP contribution in [-0.2, 0) is 0 Å². The van der Waals surface area contributed by atoms with Crippen LogP contribution in [0.15, 0.2) is 46.9 Å². The van der Waals surface area contributed by atoms with E-state index in [0.29, 0.717) is 17.0 Å². The van der Waals surface area contributed by atoms with E-state index in [1.54, 1.807) is 18.2 Å². The van der Waals surface area contributed by atoms with E-state index in [1.807, 2.05) is 31.2 Å². The molecule has 0 saturated carbocycles. The molecule has 0 fully saturated rings. The van der Waals surface area contributed by atoms with E-state index in [-0.39, 0.29) is 11.9 Å². The SMILES string of the molecule is COc1cc(C(=O)N[C@H](C)c2ccc(Br)cc2)ccc1N. The lowest BCUT2D eigenvalue weighted by Crippen LogP contribution is -2.26. The van der Waals surface area contributed by atoms with Crippen LogP contribution in [0.1, 0.15) is 28.9 Å². The molecule has 110 valence electrons. The number of amides is 1. The third kappa shape index (κ3) is 3.76. The first-order valence-corrected chi connectivity index (χ1v) is 7.30.